The first-order valence-corrected chi connectivity index (χ1v) is 6.24. The molecular formula is C13H22O3. The van der Waals surface area contributed by atoms with Crippen LogP contribution in [0, 0.1) is 17.8 Å². The molecule has 1 fully saturated rings. The first kappa shape index (κ1) is 13.2. The molecule has 0 aromatic heterocycles. The zero-order valence-electron chi connectivity index (χ0n) is 10.5. The summed E-state index contributed by atoms with van der Waals surface area (Å²) in [5, 5.41) is 0. The molecule has 3 nitrogen and oxygen atoms in total. The summed E-state index contributed by atoms with van der Waals surface area (Å²) in [6.45, 7) is 6.49. The highest BCUT2D eigenvalue weighted by Crippen LogP contribution is 2.31. The molecule has 0 spiro atoms. The molecule has 0 amide bonds. The lowest BCUT2D eigenvalue weighted by Crippen LogP contribution is -2.33. The van der Waals surface area contributed by atoms with Gasteiger partial charge in [-0.25, -0.2) is 0 Å². The maximum Gasteiger partial charge on any atom is 0.316 e. The Bertz CT molecular complexity index is 258. The third-order valence-electron chi connectivity index (χ3n) is 3.13. The summed E-state index contributed by atoms with van der Waals surface area (Å²) in [5.41, 5.74) is 0. The summed E-state index contributed by atoms with van der Waals surface area (Å²) in [7, 11) is 0. The minimum atomic E-state index is -0.488. The van der Waals surface area contributed by atoms with Crippen molar-refractivity contribution < 1.29 is 14.3 Å². The lowest BCUT2D eigenvalue weighted by atomic mass is 9.77. The van der Waals surface area contributed by atoms with Crippen LogP contribution >= 0.6 is 0 Å². The number of hydrogen-bond acceptors (Lipinski definition) is 3. The molecule has 0 heterocycles. The van der Waals surface area contributed by atoms with Gasteiger partial charge in [-0.3, -0.25) is 9.59 Å². The summed E-state index contributed by atoms with van der Waals surface area (Å²) in [5.74, 6) is 0.394. The van der Waals surface area contributed by atoms with Crippen LogP contribution in [0.2, 0.25) is 0 Å². The second-order valence-electron chi connectivity index (χ2n) is 5.04. The first-order valence-electron chi connectivity index (χ1n) is 6.24. The Kier molecular flexibility index (Phi) is 4.97. The Balaban J connectivity index is 2.54. The van der Waals surface area contributed by atoms with Gasteiger partial charge in [0, 0.05) is 6.42 Å². The van der Waals surface area contributed by atoms with Crippen molar-refractivity contribution in [3.05, 3.63) is 0 Å². The molecule has 1 rings (SSSR count). The van der Waals surface area contributed by atoms with Crippen molar-refractivity contribution >= 4 is 11.8 Å². The molecule has 1 saturated carbocycles. The van der Waals surface area contributed by atoms with Crippen LogP contribution in [-0.4, -0.2) is 18.4 Å². The zero-order valence-corrected chi connectivity index (χ0v) is 10.5. The third kappa shape index (κ3) is 3.62. The van der Waals surface area contributed by atoms with Gasteiger partial charge in [0.2, 0.25) is 0 Å². The number of carbonyl (C=O) groups is 2. The van der Waals surface area contributed by atoms with Gasteiger partial charge < -0.3 is 4.74 Å². The van der Waals surface area contributed by atoms with Crippen molar-refractivity contribution in [3.8, 4) is 0 Å². The predicted octanol–water partition coefficient (Wildman–Crippen LogP) is 2.58. The fourth-order valence-electron chi connectivity index (χ4n) is 2.45. The number of hydrogen-bond donors (Lipinski definition) is 0. The van der Waals surface area contributed by atoms with E-state index >= 15 is 0 Å². The van der Waals surface area contributed by atoms with Gasteiger partial charge in [0.05, 0.1) is 6.61 Å². The van der Waals surface area contributed by atoms with Crippen LogP contribution in [0.3, 0.4) is 0 Å². The molecule has 0 bridgehead atoms. The monoisotopic (exact) mass is 226 g/mol. The van der Waals surface area contributed by atoms with Crippen LogP contribution in [0.15, 0.2) is 0 Å². The molecule has 0 N–H and O–H groups in total. The van der Waals surface area contributed by atoms with Crippen LogP contribution in [0.1, 0.15) is 46.5 Å². The average Bonchev–Trinajstić information content (AvgIpc) is 2.20. The van der Waals surface area contributed by atoms with E-state index in [0.29, 0.717) is 31.3 Å². The quantitative estimate of drug-likeness (QED) is 0.546. The van der Waals surface area contributed by atoms with E-state index in [2.05, 4.69) is 13.8 Å². The third-order valence-corrected chi connectivity index (χ3v) is 3.13. The largest absolute Gasteiger partial charge is 0.465 e. The van der Waals surface area contributed by atoms with E-state index in [-0.39, 0.29) is 11.8 Å². The maximum absolute atomic E-state index is 11.6. The second kappa shape index (κ2) is 6.02. The first-order chi connectivity index (χ1) is 7.54. The zero-order chi connectivity index (χ0) is 12.1. The van der Waals surface area contributed by atoms with Crippen molar-refractivity contribution in [1.29, 1.82) is 0 Å². The Hall–Kier alpha value is -0.860. The Morgan fingerprint density at radius 3 is 2.75 bits per heavy atom. The van der Waals surface area contributed by atoms with Gasteiger partial charge in [0.15, 0.2) is 0 Å². The highest BCUT2D eigenvalue weighted by Gasteiger charge is 2.34. The Morgan fingerprint density at radius 2 is 2.19 bits per heavy atom. The predicted molar refractivity (Wildman–Crippen MR) is 61.9 cm³/mol. The molecule has 0 radical (unpaired) electrons. The van der Waals surface area contributed by atoms with Gasteiger partial charge in [-0.1, -0.05) is 13.8 Å². The van der Waals surface area contributed by atoms with E-state index in [9.17, 15) is 9.59 Å². The lowest BCUT2D eigenvalue weighted by Gasteiger charge is -2.27. The van der Waals surface area contributed by atoms with Crippen LogP contribution in [0.25, 0.3) is 0 Å². The molecule has 0 saturated heterocycles. The molecule has 0 aliphatic heterocycles. The van der Waals surface area contributed by atoms with E-state index in [1.54, 1.807) is 6.92 Å². The smallest absolute Gasteiger partial charge is 0.316 e. The van der Waals surface area contributed by atoms with E-state index in [0.717, 1.165) is 12.8 Å². The standard InChI is InChI=1S/C13H22O3/c1-4-16-13(15)11-8-10(7-9(2)3)5-6-12(11)14/h9-11H,4-8H2,1-3H3. The maximum atomic E-state index is 11.6. The van der Waals surface area contributed by atoms with Crippen molar-refractivity contribution in [2.45, 2.75) is 46.5 Å². The normalized spacial score (nSPS) is 25.9. The second-order valence-corrected chi connectivity index (χ2v) is 5.04. The molecule has 3 heteroatoms. The minimum absolute atomic E-state index is 0.0680. The molecule has 0 aromatic carbocycles. The summed E-state index contributed by atoms with van der Waals surface area (Å²) in [6.07, 6.45) is 3.27. The number of Topliss-reactive ketones (excluding diaryl/α,β-unsaturated/α-hetero) is 1. The minimum Gasteiger partial charge on any atom is -0.465 e. The van der Waals surface area contributed by atoms with E-state index in [1.807, 2.05) is 0 Å². The van der Waals surface area contributed by atoms with Crippen molar-refractivity contribution in [1.82, 2.24) is 0 Å². The average molecular weight is 226 g/mol. The summed E-state index contributed by atoms with van der Waals surface area (Å²) >= 11 is 0. The fourth-order valence-corrected chi connectivity index (χ4v) is 2.45. The van der Waals surface area contributed by atoms with Gasteiger partial charge in [0.1, 0.15) is 11.7 Å². The van der Waals surface area contributed by atoms with Crippen molar-refractivity contribution in [2.24, 2.45) is 17.8 Å². The number of rotatable bonds is 4. The van der Waals surface area contributed by atoms with Gasteiger partial charge >= 0.3 is 5.97 Å². The SMILES string of the molecule is CCOC(=O)C1CC(CC(C)C)CCC1=O. The Labute approximate surface area is 97.5 Å². The van der Waals surface area contributed by atoms with E-state index < -0.39 is 5.92 Å². The molecule has 1 aliphatic carbocycles. The molecule has 2 atom stereocenters. The number of ether oxygens (including phenoxy) is 1. The van der Waals surface area contributed by atoms with Gasteiger partial charge in [-0.2, -0.15) is 0 Å². The summed E-state index contributed by atoms with van der Waals surface area (Å²) < 4.78 is 4.95. The topological polar surface area (TPSA) is 43.4 Å². The van der Waals surface area contributed by atoms with Gasteiger partial charge in [-0.05, 0) is 38.0 Å². The molecule has 0 aromatic rings. The summed E-state index contributed by atoms with van der Waals surface area (Å²) in [4.78, 5) is 23.2. The van der Waals surface area contributed by atoms with Crippen LogP contribution in [0.4, 0.5) is 0 Å². The van der Waals surface area contributed by atoms with Gasteiger partial charge in [-0.15, -0.1) is 0 Å². The Morgan fingerprint density at radius 1 is 1.50 bits per heavy atom. The molecule has 2 unspecified atom stereocenters. The van der Waals surface area contributed by atoms with Crippen LogP contribution in [0.5, 0.6) is 0 Å². The molecule has 16 heavy (non-hydrogen) atoms. The fraction of sp³-hybridized carbons (Fsp3) is 0.846. The van der Waals surface area contributed by atoms with Crippen LogP contribution < -0.4 is 0 Å². The molecule has 92 valence electrons. The highest BCUT2D eigenvalue weighted by molar-refractivity contribution is 5.99. The van der Waals surface area contributed by atoms with Crippen molar-refractivity contribution in [2.75, 3.05) is 6.61 Å². The van der Waals surface area contributed by atoms with E-state index in [1.165, 1.54) is 0 Å². The van der Waals surface area contributed by atoms with Crippen LogP contribution in [-0.2, 0) is 14.3 Å². The lowest BCUT2D eigenvalue weighted by molar-refractivity contribution is -0.153. The highest BCUT2D eigenvalue weighted by atomic mass is 16.5. The molecular weight excluding hydrogens is 204 g/mol. The van der Waals surface area contributed by atoms with Gasteiger partial charge in [0.25, 0.3) is 0 Å². The molecule has 1 aliphatic rings. The van der Waals surface area contributed by atoms with Crippen molar-refractivity contribution in [3.63, 3.8) is 0 Å². The number of esters is 1. The number of carbonyl (C=O) groups excluding carboxylic acids is 2. The summed E-state index contributed by atoms with van der Waals surface area (Å²) in [6, 6.07) is 0. The van der Waals surface area contributed by atoms with E-state index in [4.69, 9.17) is 4.74 Å². The number of ketones is 1.